The van der Waals surface area contributed by atoms with Crippen molar-refractivity contribution < 1.29 is 0 Å². The average Bonchev–Trinajstić information content (AvgIpc) is 2.82. The van der Waals surface area contributed by atoms with Crippen molar-refractivity contribution in [3.63, 3.8) is 0 Å². The van der Waals surface area contributed by atoms with Crippen molar-refractivity contribution >= 4 is 29.0 Å². The van der Waals surface area contributed by atoms with E-state index in [0.29, 0.717) is 17.1 Å². The summed E-state index contributed by atoms with van der Waals surface area (Å²) >= 11 is 12.1. The number of alkyl halides is 1. The van der Waals surface area contributed by atoms with Crippen LogP contribution in [-0.2, 0) is 5.88 Å². The van der Waals surface area contributed by atoms with Gasteiger partial charge in [-0.15, -0.1) is 11.6 Å². The molecule has 2 aliphatic rings. The van der Waals surface area contributed by atoms with E-state index in [4.69, 9.17) is 23.2 Å². The fourth-order valence-electron chi connectivity index (χ4n) is 3.41. The number of fused-ring (bicyclic) bond motifs is 1. The molecule has 3 rings (SSSR count). The lowest BCUT2D eigenvalue weighted by atomic mass is 9.85. The molecule has 98 valence electrons. The SMILES string of the molecule is ClCc1c(Cl)ncnc1N1CCC2CCCCC21. The predicted molar refractivity (Wildman–Crippen MR) is 74.3 cm³/mol. The molecular formula is C13H17Cl2N3. The Morgan fingerprint density at radius 2 is 2.06 bits per heavy atom. The van der Waals surface area contributed by atoms with Crippen molar-refractivity contribution in [2.75, 3.05) is 11.4 Å². The first-order chi connectivity index (χ1) is 8.81. The lowest BCUT2D eigenvalue weighted by Gasteiger charge is -2.33. The molecule has 1 aliphatic heterocycles. The lowest BCUT2D eigenvalue weighted by Crippen LogP contribution is -2.35. The van der Waals surface area contributed by atoms with E-state index in [-0.39, 0.29) is 0 Å². The van der Waals surface area contributed by atoms with Crippen LogP contribution in [0.15, 0.2) is 6.33 Å². The summed E-state index contributed by atoms with van der Waals surface area (Å²) < 4.78 is 0. The summed E-state index contributed by atoms with van der Waals surface area (Å²) in [6.45, 7) is 1.08. The zero-order valence-corrected chi connectivity index (χ0v) is 11.8. The molecule has 18 heavy (non-hydrogen) atoms. The van der Waals surface area contributed by atoms with Gasteiger partial charge in [0.25, 0.3) is 0 Å². The van der Waals surface area contributed by atoms with Gasteiger partial charge in [0.15, 0.2) is 0 Å². The molecule has 0 bridgehead atoms. The average molecular weight is 286 g/mol. The van der Waals surface area contributed by atoms with Gasteiger partial charge in [0.2, 0.25) is 0 Å². The summed E-state index contributed by atoms with van der Waals surface area (Å²) in [6.07, 6.45) is 8.15. The van der Waals surface area contributed by atoms with Crippen LogP contribution in [-0.4, -0.2) is 22.6 Å². The van der Waals surface area contributed by atoms with E-state index >= 15 is 0 Å². The quantitative estimate of drug-likeness (QED) is 0.614. The largest absolute Gasteiger partial charge is 0.353 e. The highest BCUT2D eigenvalue weighted by Crippen LogP contribution is 2.40. The maximum atomic E-state index is 6.12. The molecular weight excluding hydrogens is 269 g/mol. The second-order valence-corrected chi connectivity index (χ2v) is 5.82. The minimum Gasteiger partial charge on any atom is -0.353 e. The van der Waals surface area contributed by atoms with Crippen LogP contribution in [0, 0.1) is 5.92 Å². The third-order valence-corrected chi connectivity index (χ3v) is 4.88. The van der Waals surface area contributed by atoms with E-state index in [0.717, 1.165) is 23.8 Å². The fraction of sp³-hybridized carbons (Fsp3) is 0.692. The van der Waals surface area contributed by atoms with Crippen molar-refractivity contribution in [1.29, 1.82) is 0 Å². The molecule has 2 fully saturated rings. The first-order valence-electron chi connectivity index (χ1n) is 6.63. The highest BCUT2D eigenvalue weighted by Gasteiger charge is 2.37. The third kappa shape index (κ3) is 2.08. The number of anilines is 1. The molecule has 0 aromatic carbocycles. The van der Waals surface area contributed by atoms with Gasteiger partial charge in [0, 0.05) is 18.2 Å². The van der Waals surface area contributed by atoms with Gasteiger partial charge >= 0.3 is 0 Å². The van der Waals surface area contributed by atoms with Gasteiger partial charge in [0.05, 0.1) is 5.88 Å². The molecule has 0 amide bonds. The van der Waals surface area contributed by atoms with Crippen LogP contribution in [0.1, 0.15) is 37.7 Å². The van der Waals surface area contributed by atoms with Crippen molar-refractivity contribution in [2.45, 2.75) is 44.0 Å². The molecule has 1 aromatic heterocycles. The van der Waals surface area contributed by atoms with Crippen molar-refractivity contribution in [2.24, 2.45) is 5.92 Å². The number of aromatic nitrogens is 2. The van der Waals surface area contributed by atoms with Crippen LogP contribution in [0.25, 0.3) is 0 Å². The number of hydrogen-bond donors (Lipinski definition) is 0. The Hall–Kier alpha value is -0.540. The summed E-state index contributed by atoms with van der Waals surface area (Å²) in [5.41, 5.74) is 0.882. The zero-order valence-electron chi connectivity index (χ0n) is 10.3. The van der Waals surface area contributed by atoms with Gasteiger partial charge in [-0.3, -0.25) is 0 Å². The molecule has 0 N–H and O–H groups in total. The number of halogens is 2. The smallest absolute Gasteiger partial charge is 0.138 e. The number of nitrogens with zero attached hydrogens (tertiary/aromatic N) is 3. The molecule has 0 radical (unpaired) electrons. The molecule has 0 spiro atoms. The van der Waals surface area contributed by atoms with Gasteiger partial charge in [-0.25, -0.2) is 9.97 Å². The molecule has 1 saturated heterocycles. The Bertz CT molecular complexity index is 438. The van der Waals surface area contributed by atoms with Gasteiger partial charge in [0.1, 0.15) is 17.3 Å². The molecule has 1 saturated carbocycles. The molecule has 2 heterocycles. The molecule has 1 aromatic rings. The topological polar surface area (TPSA) is 29.0 Å². The van der Waals surface area contributed by atoms with Crippen LogP contribution in [0.4, 0.5) is 5.82 Å². The molecule has 1 aliphatic carbocycles. The van der Waals surface area contributed by atoms with Crippen LogP contribution in [0.5, 0.6) is 0 Å². The zero-order chi connectivity index (χ0) is 12.5. The Kier molecular flexibility index (Phi) is 3.62. The lowest BCUT2D eigenvalue weighted by molar-refractivity contribution is 0.341. The standard InChI is InChI=1S/C13H17Cl2N3/c14-7-10-12(15)16-8-17-13(10)18-6-5-9-3-1-2-4-11(9)18/h8-9,11H,1-7H2. The van der Waals surface area contributed by atoms with Crippen LogP contribution < -0.4 is 4.90 Å². The summed E-state index contributed by atoms with van der Waals surface area (Å²) in [4.78, 5) is 10.9. The number of hydrogen-bond acceptors (Lipinski definition) is 3. The highest BCUT2D eigenvalue weighted by atomic mass is 35.5. The Balaban J connectivity index is 1.93. The molecule has 2 atom stereocenters. The number of rotatable bonds is 2. The van der Waals surface area contributed by atoms with E-state index < -0.39 is 0 Å². The van der Waals surface area contributed by atoms with Crippen LogP contribution in [0.2, 0.25) is 5.15 Å². The summed E-state index contributed by atoms with van der Waals surface area (Å²) in [7, 11) is 0. The van der Waals surface area contributed by atoms with Crippen molar-refractivity contribution in [3.8, 4) is 0 Å². The fourth-order valence-corrected chi connectivity index (χ4v) is 3.92. The maximum absolute atomic E-state index is 6.12. The van der Waals surface area contributed by atoms with Gasteiger partial charge in [-0.1, -0.05) is 24.4 Å². The Morgan fingerprint density at radius 1 is 1.22 bits per heavy atom. The second kappa shape index (κ2) is 5.22. The van der Waals surface area contributed by atoms with E-state index in [1.807, 2.05) is 0 Å². The molecule has 3 nitrogen and oxygen atoms in total. The minimum absolute atomic E-state index is 0.378. The normalized spacial score (nSPS) is 27.3. The van der Waals surface area contributed by atoms with E-state index in [1.165, 1.54) is 32.1 Å². The minimum atomic E-state index is 0.378. The van der Waals surface area contributed by atoms with Crippen molar-refractivity contribution in [1.82, 2.24) is 9.97 Å². The van der Waals surface area contributed by atoms with Crippen molar-refractivity contribution in [3.05, 3.63) is 17.0 Å². The Morgan fingerprint density at radius 3 is 2.89 bits per heavy atom. The van der Waals surface area contributed by atoms with Crippen LogP contribution >= 0.6 is 23.2 Å². The van der Waals surface area contributed by atoms with Gasteiger partial charge in [-0.2, -0.15) is 0 Å². The van der Waals surface area contributed by atoms with Gasteiger partial charge < -0.3 is 4.90 Å². The van der Waals surface area contributed by atoms with E-state index in [9.17, 15) is 0 Å². The van der Waals surface area contributed by atoms with E-state index in [1.54, 1.807) is 6.33 Å². The van der Waals surface area contributed by atoms with Gasteiger partial charge in [-0.05, 0) is 25.2 Å². The highest BCUT2D eigenvalue weighted by molar-refractivity contribution is 6.31. The first-order valence-corrected chi connectivity index (χ1v) is 7.54. The monoisotopic (exact) mass is 285 g/mol. The second-order valence-electron chi connectivity index (χ2n) is 5.19. The molecule has 2 unspecified atom stereocenters. The van der Waals surface area contributed by atoms with E-state index in [2.05, 4.69) is 14.9 Å². The molecule has 5 heteroatoms. The van der Waals surface area contributed by atoms with Crippen LogP contribution in [0.3, 0.4) is 0 Å². The predicted octanol–water partition coefficient (Wildman–Crippen LogP) is 3.64. The maximum Gasteiger partial charge on any atom is 0.138 e. The summed E-state index contributed by atoms with van der Waals surface area (Å²) in [5, 5.41) is 0.495. The first kappa shape index (κ1) is 12.5. The summed E-state index contributed by atoms with van der Waals surface area (Å²) in [5.74, 6) is 2.16. The summed E-state index contributed by atoms with van der Waals surface area (Å²) in [6, 6.07) is 0.631. The Labute approximate surface area is 118 Å². The third-order valence-electron chi connectivity index (χ3n) is 4.29.